The second-order valence-electron chi connectivity index (χ2n) is 8.80. The molecule has 0 spiro atoms. The van der Waals surface area contributed by atoms with Gasteiger partial charge in [0.2, 0.25) is 5.91 Å². The number of rotatable bonds is 8. The molecule has 0 saturated carbocycles. The van der Waals surface area contributed by atoms with E-state index in [1.54, 1.807) is 25.1 Å². The van der Waals surface area contributed by atoms with Crippen LogP contribution in [0.3, 0.4) is 0 Å². The van der Waals surface area contributed by atoms with Crippen LogP contribution in [0, 0.1) is 10.1 Å². The topological polar surface area (TPSA) is 128 Å². The lowest BCUT2D eigenvalue weighted by atomic mass is 10.1. The number of non-ortho nitro benzene ring substituents is 1. The fraction of sp³-hybridized carbons (Fsp3) is 0.296. The number of esters is 1. The average Bonchev–Trinajstić information content (AvgIpc) is 3.08. The van der Waals surface area contributed by atoms with Crippen molar-refractivity contribution in [3.8, 4) is 0 Å². The van der Waals surface area contributed by atoms with E-state index in [0.717, 1.165) is 47.4 Å². The number of hydrogen-bond acceptors (Lipinski definition) is 8. The molecule has 2 N–H and O–H groups in total. The van der Waals surface area contributed by atoms with Crippen LogP contribution >= 0.6 is 23.1 Å². The first-order valence-electron chi connectivity index (χ1n) is 12.1. The minimum Gasteiger partial charge on any atom is -0.465 e. The van der Waals surface area contributed by atoms with Gasteiger partial charge < -0.3 is 15.4 Å². The molecule has 0 bridgehead atoms. The molecule has 2 aromatic carbocycles. The number of anilines is 2. The van der Waals surface area contributed by atoms with Gasteiger partial charge in [0.15, 0.2) is 0 Å². The fourth-order valence-corrected chi connectivity index (χ4v) is 6.41. The predicted octanol–water partition coefficient (Wildman–Crippen LogP) is 6.08. The van der Waals surface area contributed by atoms with E-state index in [1.807, 2.05) is 6.07 Å². The zero-order valence-corrected chi connectivity index (χ0v) is 22.6. The summed E-state index contributed by atoms with van der Waals surface area (Å²) in [5.41, 5.74) is 2.18. The Balaban J connectivity index is 1.42. The highest BCUT2D eigenvalue weighted by Gasteiger charge is 2.27. The molecule has 3 aromatic rings. The summed E-state index contributed by atoms with van der Waals surface area (Å²) in [6.07, 6.45) is 4.87. The van der Waals surface area contributed by atoms with Crippen LogP contribution in [0.1, 0.15) is 57.3 Å². The molecule has 1 aliphatic carbocycles. The number of ether oxygens (including phenoxy) is 1. The molecule has 198 valence electrons. The second-order valence-corrected chi connectivity index (χ2v) is 11.3. The molecule has 4 rings (SSSR count). The lowest BCUT2D eigenvalue weighted by Gasteiger charge is -2.13. The summed E-state index contributed by atoms with van der Waals surface area (Å²) in [7, 11) is 1.35. The molecule has 1 atom stereocenters. The molecule has 1 unspecified atom stereocenters. The van der Waals surface area contributed by atoms with Crippen LogP contribution in [-0.4, -0.2) is 35.1 Å². The highest BCUT2D eigenvalue weighted by atomic mass is 32.2. The monoisotopic (exact) mass is 553 g/mol. The first-order chi connectivity index (χ1) is 18.3. The van der Waals surface area contributed by atoms with Gasteiger partial charge in [-0.15, -0.1) is 23.1 Å². The maximum atomic E-state index is 13.1. The smallest absolute Gasteiger partial charge is 0.341 e. The van der Waals surface area contributed by atoms with Crippen LogP contribution < -0.4 is 10.6 Å². The molecule has 11 heteroatoms. The van der Waals surface area contributed by atoms with E-state index in [4.69, 9.17) is 4.74 Å². The molecule has 1 aliphatic rings. The van der Waals surface area contributed by atoms with Gasteiger partial charge in [-0.1, -0.05) is 12.5 Å². The largest absolute Gasteiger partial charge is 0.465 e. The highest BCUT2D eigenvalue weighted by molar-refractivity contribution is 8.00. The molecule has 2 amide bonds. The van der Waals surface area contributed by atoms with Crippen LogP contribution in [0.2, 0.25) is 0 Å². The summed E-state index contributed by atoms with van der Waals surface area (Å²) in [5.74, 6) is -1.08. The van der Waals surface area contributed by atoms with Crippen molar-refractivity contribution < 1.29 is 24.0 Å². The molecule has 0 aliphatic heterocycles. The van der Waals surface area contributed by atoms with Gasteiger partial charge in [0.05, 0.1) is 22.8 Å². The van der Waals surface area contributed by atoms with Crippen LogP contribution in [0.4, 0.5) is 16.4 Å². The number of benzene rings is 2. The van der Waals surface area contributed by atoms with Gasteiger partial charge in [0, 0.05) is 33.2 Å². The maximum Gasteiger partial charge on any atom is 0.341 e. The third kappa shape index (κ3) is 6.40. The summed E-state index contributed by atoms with van der Waals surface area (Å²) in [6.45, 7) is 1.78. The first kappa shape index (κ1) is 27.3. The molecule has 1 aromatic heterocycles. The Morgan fingerprint density at radius 3 is 2.50 bits per heavy atom. The number of fused-ring (bicyclic) bond motifs is 1. The number of hydrogen-bond donors (Lipinski definition) is 2. The van der Waals surface area contributed by atoms with Crippen molar-refractivity contribution in [2.75, 3.05) is 17.7 Å². The van der Waals surface area contributed by atoms with Crippen molar-refractivity contribution in [2.24, 2.45) is 0 Å². The van der Waals surface area contributed by atoms with Gasteiger partial charge in [-0.05, 0) is 68.5 Å². The minimum atomic E-state index is -0.524. The predicted molar refractivity (Wildman–Crippen MR) is 148 cm³/mol. The number of thiophene rings is 1. The normalized spacial score (nSPS) is 13.5. The number of nitro benzene ring substituents is 1. The number of thioether (sulfide) groups is 1. The van der Waals surface area contributed by atoms with E-state index >= 15 is 0 Å². The Hall–Kier alpha value is -3.70. The summed E-state index contributed by atoms with van der Waals surface area (Å²) in [4.78, 5) is 50.4. The average molecular weight is 554 g/mol. The van der Waals surface area contributed by atoms with Crippen molar-refractivity contribution in [3.63, 3.8) is 0 Å². The van der Waals surface area contributed by atoms with Gasteiger partial charge in [-0.2, -0.15) is 0 Å². The zero-order valence-electron chi connectivity index (χ0n) is 20.9. The summed E-state index contributed by atoms with van der Waals surface area (Å²) < 4.78 is 5.02. The summed E-state index contributed by atoms with van der Waals surface area (Å²) in [5, 5.41) is 16.6. The Kier molecular flexibility index (Phi) is 8.80. The highest BCUT2D eigenvalue weighted by Crippen LogP contribution is 2.38. The van der Waals surface area contributed by atoms with Gasteiger partial charge in [-0.3, -0.25) is 19.7 Å². The number of aryl methyl sites for hydroxylation is 1. The number of methoxy groups -OCH3 is 1. The second kappa shape index (κ2) is 12.2. The first-order valence-corrected chi connectivity index (χ1v) is 13.8. The number of amides is 2. The summed E-state index contributed by atoms with van der Waals surface area (Å²) >= 11 is 2.78. The Labute approximate surface area is 228 Å². The van der Waals surface area contributed by atoms with E-state index in [1.165, 1.54) is 54.5 Å². The van der Waals surface area contributed by atoms with Crippen LogP contribution in [0.5, 0.6) is 0 Å². The molecule has 0 radical (unpaired) electrons. The van der Waals surface area contributed by atoms with Crippen molar-refractivity contribution in [3.05, 3.63) is 80.2 Å². The van der Waals surface area contributed by atoms with Gasteiger partial charge >= 0.3 is 5.97 Å². The fourth-order valence-electron chi connectivity index (χ4n) is 4.20. The van der Waals surface area contributed by atoms with Crippen molar-refractivity contribution in [1.82, 2.24) is 0 Å². The van der Waals surface area contributed by atoms with E-state index in [9.17, 15) is 24.5 Å². The third-order valence-electron chi connectivity index (χ3n) is 6.16. The molecule has 0 fully saturated rings. The molecule has 38 heavy (non-hydrogen) atoms. The van der Waals surface area contributed by atoms with Crippen LogP contribution in [0.25, 0.3) is 0 Å². The Morgan fingerprint density at radius 1 is 1.05 bits per heavy atom. The number of nitro groups is 1. The van der Waals surface area contributed by atoms with E-state index in [2.05, 4.69) is 10.6 Å². The van der Waals surface area contributed by atoms with E-state index < -0.39 is 22.0 Å². The van der Waals surface area contributed by atoms with E-state index in [0.29, 0.717) is 16.3 Å². The molecule has 1 heterocycles. The lowest BCUT2D eigenvalue weighted by molar-refractivity contribution is -0.384. The Morgan fingerprint density at radius 2 is 1.79 bits per heavy atom. The van der Waals surface area contributed by atoms with Gasteiger partial charge in [-0.25, -0.2) is 4.79 Å². The lowest BCUT2D eigenvalue weighted by Crippen LogP contribution is -2.23. The van der Waals surface area contributed by atoms with E-state index in [-0.39, 0.29) is 17.2 Å². The number of nitrogens with one attached hydrogen (secondary N) is 2. The molecular weight excluding hydrogens is 526 g/mol. The Bertz CT molecular complexity index is 1370. The number of carbonyl (C=O) groups is 3. The van der Waals surface area contributed by atoms with Crippen molar-refractivity contribution in [1.29, 1.82) is 0 Å². The molecule has 9 nitrogen and oxygen atoms in total. The van der Waals surface area contributed by atoms with Crippen molar-refractivity contribution in [2.45, 2.75) is 49.2 Å². The van der Waals surface area contributed by atoms with Crippen LogP contribution in [-0.2, 0) is 22.4 Å². The molecular formula is C27H27N3O6S2. The number of nitrogens with zero attached hydrogens (tertiary/aromatic N) is 1. The van der Waals surface area contributed by atoms with Gasteiger partial charge in [0.1, 0.15) is 5.00 Å². The van der Waals surface area contributed by atoms with Crippen LogP contribution in [0.15, 0.2) is 53.4 Å². The maximum absolute atomic E-state index is 13.1. The quantitative estimate of drug-likeness (QED) is 0.114. The standard InChI is InChI=1S/C27H27N3O6S2/c1-16(24(31)29-26-23(27(33)36-2)21-9-4-3-5-10-22(21)38-26)37-20-8-6-7-18(15-20)28-25(32)17-11-13-19(14-12-17)30(34)35/h6-8,11-16H,3-5,9-10H2,1-2H3,(H,28,32)(H,29,31). The number of carbonyl (C=O) groups excluding carboxylic acids is 3. The summed E-state index contributed by atoms with van der Waals surface area (Å²) in [6, 6.07) is 12.4. The van der Waals surface area contributed by atoms with Crippen molar-refractivity contribution >= 4 is 57.3 Å². The minimum absolute atomic E-state index is 0.0934. The zero-order chi connectivity index (χ0) is 27.2. The van der Waals surface area contributed by atoms with Gasteiger partial charge in [0.25, 0.3) is 11.6 Å². The third-order valence-corrected chi connectivity index (χ3v) is 8.46. The SMILES string of the molecule is COC(=O)c1c(NC(=O)C(C)Sc2cccc(NC(=O)c3ccc([N+](=O)[O-])cc3)c2)sc2c1CCCCC2. The molecule has 0 saturated heterocycles.